The SMILES string of the molecule is CCC1(O)C(=O)OCc2c1cc1n(c2=O)Cc2c-1nc1cc(F)c(C)c3c1c2C(NC(=O)OCc1ccc(NC(=O)C(CCCNC(N)=O)NC(=O)C(NC(=O)CCOCCOCCOCCCC(=O)CCC(=O)C2Cc4ccccc4C#Cc4ccccc42)C(C)C)cc1)CC3.O=C(O)CCOCCOCCOCCNC(=O)CCC(=O)N1Cc2ccccc2C#Cc2ccccc21. The number of carbonyl (C=O) groups excluding carboxylic acids is 10. The maximum Gasteiger partial charge on any atom is 0.407 e. The molecule has 5 aliphatic rings. The van der Waals surface area contributed by atoms with Crippen molar-refractivity contribution in [3.8, 4) is 35.1 Å². The zero-order valence-electron chi connectivity index (χ0n) is 75.6. The third-order valence-electron chi connectivity index (χ3n) is 23.8. The van der Waals surface area contributed by atoms with Gasteiger partial charge in [-0.25, -0.2) is 23.8 Å². The molecular weight excluding hydrogens is 1720 g/mol. The van der Waals surface area contributed by atoms with Crippen LogP contribution in [0.15, 0.2) is 138 Å². The second-order valence-corrected chi connectivity index (χ2v) is 33.3. The van der Waals surface area contributed by atoms with E-state index in [1.54, 1.807) is 62.9 Å². The van der Waals surface area contributed by atoms with Gasteiger partial charge < -0.3 is 95.2 Å². The van der Waals surface area contributed by atoms with Gasteiger partial charge in [-0.05, 0) is 145 Å². The molecule has 32 nitrogen and oxygen atoms in total. The lowest BCUT2D eigenvalue weighted by atomic mass is 9.81. The van der Waals surface area contributed by atoms with E-state index in [-0.39, 0.29) is 158 Å². The Morgan fingerprint density at radius 3 is 1.96 bits per heavy atom. The number of aliphatic carboxylic acids is 1. The van der Waals surface area contributed by atoms with Gasteiger partial charge in [0.2, 0.25) is 29.5 Å². The number of anilines is 2. The number of carboxylic acids is 1. The van der Waals surface area contributed by atoms with Crippen molar-refractivity contribution in [3.63, 3.8) is 0 Å². The summed E-state index contributed by atoms with van der Waals surface area (Å²) in [5, 5.41) is 37.2. The van der Waals surface area contributed by atoms with Crippen molar-refractivity contribution in [2.75, 3.05) is 103 Å². The first-order chi connectivity index (χ1) is 64.8. The number of benzene rings is 6. The number of carboxylic acid groups (broad SMARTS) is 1. The standard InChI is InChI=1S/C73H81FN8O15.C28H32N2O7/c1-5-73(92)55-37-60-66-53(39-82(60)69(88)54(55)41-96-70(73)89)64-57(26-25-50-43(4)56(74)38-59(78-66)63(50)64)80-72(91)97-40-44-18-22-48(23-19-44)77-67(86)58(17-10-29-76-71(75)90)79-68(87)65(42(2)3)81-62(85)28-31-94-33-35-95-34-32-93-30-11-15-49(83)24-27-61(84)52-36-47-14-7-6-12-45(47)20-21-46-13-8-9-16-51(46)52;31-26(29-14-16-36-18-20-37-19-17-35-15-13-28(33)34)11-12-27(32)30-21-24-7-2-1-5-22(24)9-10-23-6-3-4-8-25(23)30/h6-9,12-14,16,18-19,22-23,37-38,42,52,57-58,65,92H,5,10-11,15,17,24-36,39-41H2,1-4H3,(H,77,86)(H,79,87)(H,80,91)(H,81,85)(H3,75,76,90);1-8H,11-21H2,(H,29,31)(H,33,34). The highest BCUT2D eigenvalue weighted by molar-refractivity contribution is 6.00. The number of aryl methyl sites for hydroxylation is 1. The average molecular weight is 1840 g/mol. The van der Waals surface area contributed by atoms with Crippen LogP contribution in [0.1, 0.15) is 188 Å². The minimum absolute atomic E-state index is 0.00241. The van der Waals surface area contributed by atoms with Crippen molar-refractivity contribution in [2.24, 2.45) is 11.7 Å². The van der Waals surface area contributed by atoms with Crippen LogP contribution in [0.2, 0.25) is 0 Å². The van der Waals surface area contributed by atoms with E-state index in [9.17, 15) is 62.6 Å². The molecule has 5 heterocycles. The van der Waals surface area contributed by atoms with Gasteiger partial charge in [0, 0.05) is 115 Å². The molecule has 13 rings (SSSR count). The third kappa shape index (κ3) is 26.8. The number of ether oxygens (including phenoxy) is 8. The van der Waals surface area contributed by atoms with Crippen LogP contribution in [0.3, 0.4) is 0 Å². The number of primary amides is 1. The number of ketones is 2. The molecule has 0 radical (unpaired) electrons. The molecule has 8 amide bonds. The van der Waals surface area contributed by atoms with E-state index in [2.05, 4.69) is 55.6 Å². The number of para-hydroxylation sites is 1. The van der Waals surface area contributed by atoms with Gasteiger partial charge in [0.15, 0.2) is 5.60 Å². The Morgan fingerprint density at radius 2 is 1.26 bits per heavy atom. The lowest BCUT2D eigenvalue weighted by molar-refractivity contribution is -0.172. The van der Waals surface area contributed by atoms with Crippen molar-refractivity contribution in [1.29, 1.82) is 0 Å². The maximum absolute atomic E-state index is 15.5. The average Bonchev–Trinajstić information content (AvgIpc) is 1.52. The highest BCUT2D eigenvalue weighted by Crippen LogP contribution is 2.46. The Labute approximate surface area is 775 Å². The van der Waals surface area contributed by atoms with Crippen LogP contribution < -0.4 is 48.1 Å². The summed E-state index contributed by atoms with van der Waals surface area (Å²) in [6.07, 6.45) is 2.03. The zero-order chi connectivity index (χ0) is 95.2. The summed E-state index contributed by atoms with van der Waals surface area (Å²) in [6.45, 7) is 10.5. The molecule has 134 heavy (non-hydrogen) atoms. The Balaban J connectivity index is 0.000000364. The second-order valence-electron chi connectivity index (χ2n) is 33.3. The number of fused-ring (bicyclic) bond motifs is 9. The normalized spacial score (nSPS) is 15.5. The highest BCUT2D eigenvalue weighted by Gasteiger charge is 2.46. The smallest absolute Gasteiger partial charge is 0.407 e. The van der Waals surface area contributed by atoms with Gasteiger partial charge in [-0.2, -0.15) is 0 Å². The lowest BCUT2D eigenvalue weighted by Gasteiger charge is -2.31. The van der Waals surface area contributed by atoms with E-state index >= 15 is 4.39 Å². The first-order valence-corrected chi connectivity index (χ1v) is 45.2. The van der Waals surface area contributed by atoms with Crippen LogP contribution in [-0.4, -0.2) is 189 Å². The van der Waals surface area contributed by atoms with E-state index in [1.165, 1.54) is 10.6 Å². The quantitative estimate of drug-likeness (QED) is 0.00973. The number of urea groups is 1. The summed E-state index contributed by atoms with van der Waals surface area (Å²) < 4.78 is 60.7. The molecule has 2 aromatic heterocycles. The topological polar surface area (TPSA) is 438 Å². The fraction of sp³-hybridized carbons (Fsp3) is 0.416. The number of aromatic nitrogens is 2. The number of alkyl carbamates (subject to hydrolysis) is 1. The number of nitrogens with two attached hydrogens (primary N) is 1. The second kappa shape index (κ2) is 48.9. The van der Waals surface area contributed by atoms with Gasteiger partial charge in [0.05, 0.1) is 126 Å². The van der Waals surface area contributed by atoms with Gasteiger partial charge >= 0.3 is 24.1 Å². The molecule has 6 aromatic carbocycles. The number of esters is 1. The first-order valence-electron chi connectivity index (χ1n) is 45.2. The van der Waals surface area contributed by atoms with Crippen LogP contribution in [0.4, 0.5) is 25.4 Å². The van der Waals surface area contributed by atoms with Gasteiger partial charge in [-0.1, -0.05) is 123 Å². The predicted molar refractivity (Wildman–Crippen MR) is 492 cm³/mol. The molecule has 0 saturated heterocycles. The number of amides is 8. The molecule has 10 N–H and O–H groups in total. The molecule has 0 saturated carbocycles. The van der Waals surface area contributed by atoms with Crippen molar-refractivity contribution >= 4 is 87.4 Å². The van der Waals surface area contributed by atoms with Crippen molar-refractivity contribution in [1.82, 2.24) is 36.1 Å². The van der Waals surface area contributed by atoms with Gasteiger partial charge in [0.1, 0.15) is 42.7 Å². The van der Waals surface area contributed by atoms with Crippen LogP contribution in [-0.2, 0) is 126 Å². The van der Waals surface area contributed by atoms with Crippen LogP contribution in [0.5, 0.6) is 0 Å². The fourth-order valence-electron chi connectivity index (χ4n) is 16.5. The Bertz CT molecular complexity index is 5840. The molecule has 8 aromatic rings. The molecule has 0 bridgehead atoms. The number of hydrogen-bond acceptors (Lipinski definition) is 22. The number of carbonyl (C=O) groups is 11. The van der Waals surface area contributed by atoms with Gasteiger partial charge in [-0.15, -0.1) is 0 Å². The number of nitrogens with zero attached hydrogens (tertiary/aromatic N) is 3. The molecule has 3 aliphatic heterocycles. The number of Topliss-reactive ketones (excluding diaryl/α,β-unsaturated/α-hetero) is 2. The lowest BCUT2D eigenvalue weighted by Crippen LogP contribution is -2.54. The minimum Gasteiger partial charge on any atom is -0.481 e. The van der Waals surface area contributed by atoms with E-state index < -0.39 is 82.8 Å². The molecule has 5 atom stereocenters. The molecule has 706 valence electrons. The third-order valence-corrected chi connectivity index (χ3v) is 23.8. The number of rotatable bonds is 46. The molecular formula is C101H113FN10O22. The number of nitrogens with one attached hydrogen (secondary N) is 6. The Hall–Kier alpha value is -13.4. The van der Waals surface area contributed by atoms with Crippen molar-refractivity contribution < 1.29 is 105 Å². The van der Waals surface area contributed by atoms with Gasteiger partial charge in [-0.3, -0.25) is 43.2 Å². The summed E-state index contributed by atoms with van der Waals surface area (Å²) in [5.74, 6) is 7.86. The van der Waals surface area contributed by atoms with Crippen molar-refractivity contribution in [2.45, 2.75) is 174 Å². The number of aliphatic hydroxyl groups is 1. The first kappa shape index (κ1) is 99.6. The number of pyridine rings is 2. The predicted octanol–water partition coefficient (Wildman–Crippen LogP) is 9.69. The summed E-state index contributed by atoms with van der Waals surface area (Å²) in [7, 11) is 0. The van der Waals surface area contributed by atoms with E-state index in [4.69, 9.17) is 53.7 Å². The Morgan fingerprint density at radius 1 is 0.634 bits per heavy atom. The minimum atomic E-state index is -2.05. The monoisotopic (exact) mass is 1840 g/mol. The summed E-state index contributed by atoms with van der Waals surface area (Å²) >= 11 is 0. The summed E-state index contributed by atoms with van der Waals surface area (Å²) in [4.78, 5) is 162. The van der Waals surface area contributed by atoms with E-state index in [0.29, 0.717) is 142 Å². The highest BCUT2D eigenvalue weighted by atomic mass is 19.1. The van der Waals surface area contributed by atoms with Crippen LogP contribution in [0.25, 0.3) is 22.3 Å². The maximum atomic E-state index is 15.5. The fourth-order valence-corrected chi connectivity index (χ4v) is 16.5. The van der Waals surface area contributed by atoms with E-state index in [0.717, 1.165) is 50.2 Å². The molecule has 5 unspecified atom stereocenters. The van der Waals surface area contributed by atoms with Crippen LogP contribution in [0, 0.1) is 42.3 Å². The van der Waals surface area contributed by atoms with Crippen molar-refractivity contribution in [3.05, 3.63) is 228 Å². The number of hydrogen-bond donors (Lipinski definition) is 9. The summed E-state index contributed by atoms with van der Waals surface area (Å²) in [6, 6.07) is 36.7. The zero-order valence-corrected chi connectivity index (χ0v) is 75.6. The number of cyclic esters (lactones) is 1. The molecule has 2 aliphatic carbocycles. The summed E-state index contributed by atoms with van der Waals surface area (Å²) in [5.41, 5.74) is 14.4. The van der Waals surface area contributed by atoms with Crippen LogP contribution >= 0.6 is 0 Å². The van der Waals surface area contributed by atoms with Gasteiger partial charge in [0.25, 0.3) is 5.56 Å². The molecule has 0 spiro atoms. The number of halogens is 1. The molecule has 0 fully saturated rings. The Kier molecular flexibility index (Phi) is 36.3. The van der Waals surface area contributed by atoms with E-state index in [1.807, 2.05) is 97.1 Å². The largest absolute Gasteiger partial charge is 0.481 e. The molecule has 33 heteroatoms.